The molecule has 0 saturated heterocycles. The third-order valence-corrected chi connectivity index (χ3v) is 2.11. The molecule has 1 aromatic carbocycles. The van der Waals surface area contributed by atoms with Crippen molar-refractivity contribution in [3.63, 3.8) is 0 Å². The Balaban J connectivity index is 2.79. The lowest BCUT2D eigenvalue weighted by atomic mass is 10.1. The van der Waals surface area contributed by atoms with Gasteiger partial charge < -0.3 is 10.7 Å². The quantitative estimate of drug-likeness (QED) is 0.780. The second-order valence-electron chi connectivity index (χ2n) is 3.18. The number of aromatic nitrogens is 2. The number of primary amides is 1. The van der Waals surface area contributed by atoms with Gasteiger partial charge >= 0.3 is 6.18 Å². The molecule has 4 nitrogen and oxygen atoms in total. The van der Waals surface area contributed by atoms with E-state index in [0.29, 0.717) is 6.07 Å². The zero-order valence-electron chi connectivity index (χ0n) is 7.80. The zero-order chi connectivity index (χ0) is 11.9. The largest absolute Gasteiger partial charge is 0.418 e. The lowest BCUT2D eigenvalue weighted by molar-refractivity contribution is -0.136. The second kappa shape index (κ2) is 3.22. The van der Waals surface area contributed by atoms with E-state index in [1.807, 2.05) is 0 Å². The summed E-state index contributed by atoms with van der Waals surface area (Å²) in [5.41, 5.74) is 3.67. The fourth-order valence-electron chi connectivity index (χ4n) is 1.41. The van der Waals surface area contributed by atoms with Gasteiger partial charge in [-0.2, -0.15) is 13.2 Å². The van der Waals surface area contributed by atoms with Crippen LogP contribution in [0, 0.1) is 0 Å². The highest BCUT2D eigenvalue weighted by atomic mass is 19.4. The Morgan fingerprint density at radius 2 is 2.06 bits per heavy atom. The number of hydrogen-bond donors (Lipinski definition) is 2. The summed E-state index contributed by atoms with van der Waals surface area (Å²) < 4.78 is 37.9. The van der Waals surface area contributed by atoms with Crippen LogP contribution >= 0.6 is 0 Å². The number of hydrogen-bond acceptors (Lipinski definition) is 2. The lowest BCUT2D eigenvalue weighted by Crippen LogP contribution is -2.14. The van der Waals surface area contributed by atoms with Gasteiger partial charge in [0.15, 0.2) is 0 Å². The van der Waals surface area contributed by atoms with Crippen LogP contribution < -0.4 is 5.73 Å². The van der Waals surface area contributed by atoms with Gasteiger partial charge in [-0.15, -0.1) is 0 Å². The Hall–Kier alpha value is -2.05. The number of fused-ring (bicyclic) bond motifs is 1. The van der Waals surface area contributed by atoms with Gasteiger partial charge in [0.1, 0.15) is 5.52 Å². The van der Waals surface area contributed by atoms with Crippen molar-refractivity contribution in [1.29, 1.82) is 0 Å². The van der Waals surface area contributed by atoms with Crippen molar-refractivity contribution < 1.29 is 18.0 Å². The smallest absolute Gasteiger partial charge is 0.366 e. The van der Waals surface area contributed by atoms with Crippen molar-refractivity contribution in [1.82, 2.24) is 9.97 Å². The summed E-state index contributed by atoms with van der Waals surface area (Å²) in [6.07, 6.45) is -3.44. The van der Waals surface area contributed by atoms with Crippen LogP contribution in [0.3, 0.4) is 0 Å². The maximum Gasteiger partial charge on any atom is 0.418 e. The van der Waals surface area contributed by atoms with E-state index in [4.69, 9.17) is 5.73 Å². The molecule has 0 aliphatic rings. The number of nitrogens with two attached hydrogens (primary N) is 1. The van der Waals surface area contributed by atoms with Crippen LogP contribution in [-0.4, -0.2) is 15.9 Å². The highest BCUT2D eigenvalue weighted by Crippen LogP contribution is 2.34. The first-order valence-corrected chi connectivity index (χ1v) is 4.23. The molecular formula is C9H6F3N3O. The van der Waals surface area contributed by atoms with Gasteiger partial charge in [0.25, 0.3) is 0 Å². The number of H-pyrrole nitrogens is 1. The number of benzene rings is 1. The van der Waals surface area contributed by atoms with E-state index in [-0.39, 0.29) is 16.6 Å². The number of amides is 1. The summed E-state index contributed by atoms with van der Waals surface area (Å²) in [6, 6.07) is 1.94. The highest BCUT2D eigenvalue weighted by molar-refractivity contribution is 5.97. The maximum absolute atomic E-state index is 12.6. The first-order valence-electron chi connectivity index (χ1n) is 4.23. The number of nitrogens with zero attached hydrogens (tertiary/aromatic N) is 1. The summed E-state index contributed by atoms with van der Waals surface area (Å²) in [5.74, 6) is -0.915. The summed E-state index contributed by atoms with van der Waals surface area (Å²) in [4.78, 5) is 16.9. The number of rotatable bonds is 1. The molecule has 0 aliphatic carbocycles. The van der Waals surface area contributed by atoms with Crippen LogP contribution in [0.15, 0.2) is 18.5 Å². The van der Waals surface area contributed by atoms with Crippen molar-refractivity contribution in [2.75, 3.05) is 0 Å². The van der Waals surface area contributed by atoms with Gasteiger partial charge in [-0.3, -0.25) is 4.79 Å². The number of halogens is 3. The fraction of sp³-hybridized carbons (Fsp3) is 0.111. The summed E-state index contributed by atoms with van der Waals surface area (Å²) in [6.45, 7) is 0. The topological polar surface area (TPSA) is 71.8 Å². The van der Waals surface area contributed by atoms with Crippen LogP contribution in [0.4, 0.5) is 13.2 Å². The molecule has 84 valence electrons. The van der Waals surface area contributed by atoms with Crippen molar-refractivity contribution in [3.05, 3.63) is 29.6 Å². The first kappa shape index (κ1) is 10.5. The summed E-state index contributed by atoms with van der Waals surface area (Å²) in [7, 11) is 0. The van der Waals surface area contributed by atoms with Gasteiger partial charge in [0.05, 0.1) is 17.4 Å². The van der Waals surface area contributed by atoms with Crippen LogP contribution in [0.1, 0.15) is 15.9 Å². The van der Waals surface area contributed by atoms with Crippen LogP contribution in [0.5, 0.6) is 0 Å². The molecule has 3 N–H and O–H groups in total. The molecule has 0 unspecified atom stereocenters. The van der Waals surface area contributed by atoms with E-state index >= 15 is 0 Å². The minimum absolute atomic E-state index is 0.128. The van der Waals surface area contributed by atoms with Gasteiger partial charge in [0, 0.05) is 5.56 Å². The maximum atomic E-state index is 12.6. The molecule has 1 amide bonds. The Labute approximate surface area is 87.3 Å². The predicted octanol–water partition coefficient (Wildman–Crippen LogP) is 1.68. The van der Waals surface area contributed by atoms with Crippen molar-refractivity contribution in [2.24, 2.45) is 5.73 Å². The Morgan fingerprint density at radius 1 is 1.38 bits per heavy atom. The number of carbonyl (C=O) groups is 1. The standard InChI is InChI=1S/C9H6F3N3O/c10-9(11,12)5-1-4(8(13)16)2-6-7(5)15-3-14-6/h1-3H,(H2,13,16)(H,14,15). The molecule has 0 bridgehead atoms. The van der Waals surface area contributed by atoms with E-state index in [0.717, 1.165) is 6.33 Å². The number of nitrogens with one attached hydrogen (secondary N) is 1. The molecule has 0 radical (unpaired) electrons. The molecule has 7 heteroatoms. The predicted molar refractivity (Wildman–Crippen MR) is 49.6 cm³/mol. The Bertz CT molecular complexity index is 559. The first-order chi connectivity index (χ1) is 7.39. The van der Waals surface area contributed by atoms with Crippen molar-refractivity contribution >= 4 is 16.9 Å². The van der Waals surface area contributed by atoms with E-state index in [1.165, 1.54) is 6.07 Å². The Morgan fingerprint density at radius 3 is 2.62 bits per heavy atom. The summed E-state index contributed by atoms with van der Waals surface area (Å²) in [5, 5.41) is 0. The molecule has 0 fully saturated rings. The van der Waals surface area contributed by atoms with Gasteiger partial charge in [-0.05, 0) is 12.1 Å². The fourth-order valence-corrected chi connectivity index (χ4v) is 1.41. The molecular weight excluding hydrogens is 223 g/mol. The SMILES string of the molecule is NC(=O)c1cc(C(F)(F)F)c2nc[nH]c2c1. The number of imidazole rings is 1. The summed E-state index contributed by atoms with van der Waals surface area (Å²) >= 11 is 0. The normalized spacial score (nSPS) is 11.9. The molecule has 1 aromatic heterocycles. The van der Waals surface area contributed by atoms with E-state index < -0.39 is 17.6 Å². The molecule has 0 aliphatic heterocycles. The molecule has 16 heavy (non-hydrogen) atoms. The van der Waals surface area contributed by atoms with Crippen molar-refractivity contribution in [3.8, 4) is 0 Å². The average molecular weight is 229 g/mol. The minimum atomic E-state index is -4.57. The van der Waals surface area contributed by atoms with Crippen LogP contribution in [0.25, 0.3) is 11.0 Å². The van der Waals surface area contributed by atoms with Gasteiger partial charge in [-0.1, -0.05) is 0 Å². The lowest BCUT2D eigenvalue weighted by Gasteiger charge is -2.08. The number of aromatic amines is 1. The molecule has 0 saturated carbocycles. The van der Waals surface area contributed by atoms with Gasteiger partial charge in [-0.25, -0.2) is 4.98 Å². The van der Waals surface area contributed by atoms with E-state index in [9.17, 15) is 18.0 Å². The third kappa shape index (κ3) is 1.60. The molecule has 0 atom stereocenters. The number of alkyl halides is 3. The van der Waals surface area contributed by atoms with Crippen molar-refractivity contribution in [2.45, 2.75) is 6.18 Å². The van der Waals surface area contributed by atoms with Gasteiger partial charge in [0.2, 0.25) is 5.91 Å². The minimum Gasteiger partial charge on any atom is -0.366 e. The Kier molecular flexibility index (Phi) is 2.11. The van der Waals surface area contributed by atoms with E-state index in [2.05, 4.69) is 9.97 Å². The number of carbonyl (C=O) groups excluding carboxylic acids is 1. The molecule has 2 aromatic rings. The second-order valence-corrected chi connectivity index (χ2v) is 3.18. The average Bonchev–Trinajstić information content (AvgIpc) is 2.61. The molecule has 0 spiro atoms. The zero-order valence-corrected chi connectivity index (χ0v) is 7.80. The highest BCUT2D eigenvalue weighted by Gasteiger charge is 2.34. The van der Waals surface area contributed by atoms with E-state index in [1.54, 1.807) is 0 Å². The van der Waals surface area contributed by atoms with Crippen LogP contribution in [0.2, 0.25) is 0 Å². The third-order valence-electron chi connectivity index (χ3n) is 2.11. The monoisotopic (exact) mass is 229 g/mol. The molecule has 2 rings (SSSR count). The van der Waals surface area contributed by atoms with Crippen LogP contribution in [-0.2, 0) is 6.18 Å². The molecule has 1 heterocycles.